The molecular formula is C40H72O19. The van der Waals surface area contributed by atoms with Gasteiger partial charge in [0.2, 0.25) is 0 Å². The van der Waals surface area contributed by atoms with Crippen LogP contribution in [0.4, 0.5) is 0 Å². The molecule has 10 aliphatic heterocycles. The Hall–Kier alpha value is -0.760. The van der Waals surface area contributed by atoms with E-state index in [4.69, 9.17) is 76.5 Å². The third kappa shape index (κ3) is 11.9. The second-order valence-corrected chi connectivity index (χ2v) is 16.4. The van der Waals surface area contributed by atoms with E-state index in [2.05, 4.69) is 20.8 Å². The van der Waals surface area contributed by atoms with Crippen LogP contribution >= 0.6 is 0 Å². The van der Waals surface area contributed by atoms with E-state index in [9.17, 15) is 15.3 Å². The molecule has 10 heterocycles. The van der Waals surface area contributed by atoms with Gasteiger partial charge in [-0.15, -0.1) is 0 Å². The van der Waals surface area contributed by atoms with Gasteiger partial charge < -0.3 is 91.8 Å². The molecule has 0 aromatic carbocycles. The molecule has 19 heteroatoms. The van der Waals surface area contributed by atoms with Crippen molar-refractivity contribution in [2.45, 2.75) is 159 Å². The fraction of sp³-hybridized carbons (Fsp3) is 1.00. The number of hydrogen-bond donors (Lipinski definition) is 5. The molecule has 10 saturated heterocycles. The highest BCUT2D eigenvalue weighted by atomic mass is 16.8. The normalized spacial score (nSPS) is 47.7. The lowest BCUT2D eigenvalue weighted by Crippen LogP contribution is -2.57. The van der Waals surface area contributed by atoms with Gasteiger partial charge in [0.15, 0.2) is 0 Å². The molecule has 346 valence electrons. The topological polar surface area (TPSA) is 230 Å². The number of aliphatic hydroxyl groups is 5. The molecule has 0 saturated carbocycles. The van der Waals surface area contributed by atoms with Crippen LogP contribution in [0.25, 0.3) is 0 Å². The van der Waals surface area contributed by atoms with Crippen molar-refractivity contribution in [3.63, 3.8) is 0 Å². The van der Waals surface area contributed by atoms with Crippen LogP contribution in [0.1, 0.15) is 54.9 Å². The van der Waals surface area contributed by atoms with Crippen LogP contribution in [0.5, 0.6) is 0 Å². The molecule has 0 aromatic rings. The van der Waals surface area contributed by atoms with Gasteiger partial charge in [-0.05, 0) is 12.8 Å². The SMILES string of the molecule is C.CC[C@@H]1OCO[C@H]1[C@H]1OCO[C@@H]1CO.CC[C@H]1OCO[C@H]2[C@@H]1OCO[C@@H]2CO.C[C@@H]1CO[C@@H]2[C@H]1OC[C@@H]2O.C[C@@H]1CO[C@@H]2[C@H]1OC[C@H]2O.C[C@H]1CO[C@@H]2[C@H]1OC[C@@H]2O. The second-order valence-electron chi connectivity index (χ2n) is 16.4. The summed E-state index contributed by atoms with van der Waals surface area (Å²) in [5.74, 6) is 1.34. The van der Waals surface area contributed by atoms with Crippen LogP contribution in [0.15, 0.2) is 0 Å². The van der Waals surface area contributed by atoms with Crippen LogP contribution < -0.4 is 0 Å². The van der Waals surface area contributed by atoms with E-state index in [0.717, 1.165) is 32.7 Å². The van der Waals surface area contributed by atoms with Crippen LogP contribution in [0, 0.1) is 17.8 Å². The molecule has 59 heavy (non-hydrogen) atoms. The number of rotatable bonds is 5. The zero-order valence-electron chi connectivity index (χ0n) is 34.4. The number of fused-ring (bicyclic) bond motifs is 4. The van der Waals surface area contributed by atoms with Crippen molar-refractivity contribution < 1.29 is 91.8 Å². The smallest absolute Gasteiger partial charge is 0.147 e. The lowest BCUT2D eigenvalue weighted by molar-refractivity contribution is -0.325. The molecular weight excluding hydrogens is 784 g/mol. The highest BCUT2D eigenvalue weighted by Gasteiger charge is 2.48. The minimum Gasteiger partial charge on any atom is -0.394 e. The maximum atomic E-state index is 9.27. The summed E-state index contributed by atoms with van der Waals surface area (Å²) in [5.41, 5.74) is 0. The van der Waals surface area contributed by atoms with Gasteiger partial charge in [-0.3, -0.25) is 0 Å². The maximum Gasteiger partial charge on any atom is 0.147 e. The summed E-state index contributed by atoms with van der Waals surface area (Å²) in [7, 11) is 0. The molecule has 19 nitrogen and oxygen atoms in total. The molecule has 0 unspecified atom stereocenters. The largest absolute Gasteiger partial charge is 0.394 e. The highest BCUT2D eigenvalue weighted by molar-refractivity contribution is 4.94. The molecule has 0 bridgehead atoms. The molecule has 20 atom stereocenters. The third-order valence-electron chi connectivity index (χ3n) is 12.3. The van der Waals surface area contributed by atoms with Crippen LogP contribution in [-0.4, -0.2) is 209 Å². The van der Waals surface area contributed by atoms with Gasteiger partial charge in [0.05, 0.1) is 83.4 Å². The average molecular weight is 857 g/mol. The Bertz CT molecular complexity index is 1030. The lowest BCUT2D eigenvalue weighted by Gasteiger charge is -2.43. The van der Waals surface area contributed by atoms with Gasteiger partial charge in [0, 0.05) is 17.8 Å². The molecule has 10 fully saturated rings. The van der Waals surface area contributed by atoms with E-state index >= 15 is 0 Å². The van der Waals surface area contributed by atoms with Crippen molar-refractivity contribution in [1.29, 1.82) is 0 Å². The molecule has 0 aliphatic carbocycles. The standard InChI is InChI=1S/2C9H16O5.3C7H12O3.CH4/c1-2-6-8-9(14-4-11-6)7(3-10)12-5-13-8;1-2-6-8(13-4-11-6)9-7(3-10)12-5-14-9;3*1-4-2-9-7-5(8)3-10-6(4)7;/h2*6-10H,2-5H2,1H3;3*4-8H,2-3H2,1H3;1H4/t6-,7-,8-,9-;6-,7+,8+,9-;4-,5+,6+,7+;4-,5-,6+,7+;4-,5-,6-,7-;/m10110./s1. The summed E-state index contributed by atoms with van der Waals surface area (Å²) in [6, 6.07) is 0. The van der Waals surface area contributed by atoms with E-state index in [-0.39, 0.29) is 126 Å². The first kappa shape index (κ1) is 49.3. The summed E-state index contributed by atoms with van der Waals surface area (Å²) in [6.45, 7) is 14.8. The molecule has 0 amide bonds. The molecule has 10 rings (SSSR count). The first-order chi connectivity index (χ1) is 28.1. The van der Waals surface area contributed by atoms with Crippen molar-refractivity contribution in [1.82, 2.24) is 0 Å². The van der Waals surface area contributed by atoms with E-state index in [1.807, 2.05) is 13.8 Å². The minimum atomic E-state index is -0.394. The summed E-state index contributed by atoms with van der Waals surface area (Å²) in [5, 5.41) is 45.9. The van der Waals surface area contributed by atoms with Crippen molar-refractivity contribution in [3.8, 4) is 0 Å². The monoisotopic (exact) mass is 856 g/mol. The van der Waals surface area contributed by atoms with E-state index in [0.29, 0.717) is 44.4 Å². The van der Waals surface area contributed by atoms with E-state index < -0.39 is 18.3 Å². The Morgan fingerprint density at radius 2 is 0.593 bits per heavy atom. The number of aliphatic hydroxyl groups excluding tert-OH is 5. The first-order valence-corrected chi connectivity index (χ1v) is 21.0. The fourth-order valence-electron chi connectivity index (χ4n) is 8.88. The first-order valence-electron chi connectivity index (χ1n) is 21.0. The predicted molar refractivity (Wildman–Crippen MR) is 204 cm³/mol. The lowest BCUT2D eigenvalue weighted by atomic mass is 9.99. The van der Waals surface area contributed by atoms with Gasteiger partial charge in [-0.25, -0.2) is 0 Å². The Morgan fingerprint density at radius 1 is 0.339 bits per heavy atom. The second kappa shape index (κ2) is 23.8. The van der Waals surface area contributed by atoms with Gasteiger partial charge >= 0.3 is 0 Å². The van der Waals surface area contributed by atoms with Gasteiger partial charge in [0.1, 0.15) is 100 Å². The molecule has 10 aliphatic rings. The summed E-state index contributed by atoms with van der Waals surface area (Å²) in [6.07, 6.45) is -0.213. The zero-order chi connectivity index (χ0) is 41.3. The van der Waals surface area contributed by atoms with Crippen molar-refractivity contribution in [2.75, 3.05) is 80.0 Å². The average Bonchev–Trinajstić information content (AvgIpc) is 4.11. The number of hydrogen-bond acceptors (Lipinski definition) is 19. The molecule has 0 aromatic heterocycles. The summed E-state index contributed by atoms with van der Waals surface area (Å²) >= 11 is 0. The van der Waals surface area contributed by atoms with E-state index in [1.165, 1.54) is 0 Å². The van der Waals surface area contributed by atoms with Gasteiger partial charge in [-0.2, -0.15) is 0 Å². The van der Waals surface area contributed by atoms with Gasteiger partial charge in [-0.1, -0.05) is 42.0 Å². The molecule has 0 radical (unpaired) electrons. The summed E-state index contributed by atoms with van der Waals surface area (Å²) in [4.78, 5) is 0. The fourth-order valence-corrected chi connectivity index (χ4v) is 8.88. The Morgan fingerprint density at radius 3 is 0.847 bits per heavy atom. The quantitative estimate of drug-likeness (QED) is 0.240. The third-order valence-corrected chi connectivity index (χ3v) is 12.3. The summed E-state index contributed by atoms with van der Waals surface area (Å²) < 4.78 is 74.8. The Labute approximate surface area is 348 Å². The Kier molecular flexibility index (Phi) is 19.9. The highest BCUT2D eigenvalue weighted by Crippen LogP contribution is 2.33. The van der Waals surface area contributed by atoms with Crippen LogP contribution in [0.3, 0.4) is 0 Å². The van der Waals surface area contributed by atoms with Crippen molar-refractivity contribution in [2.24, 2.45) is 17.8 Å². The molecule has 0 spiro atoms. The van der Waals surface area contributed by atoms with Crippen LogP contribution in [-0.2, 0) is 66.3 Å². The number of ether oxygens (including phenoxy) is 14. The van der Waals surface area contributed by atoms with E-state index in [1.54, 1.807) is 0 Å². The predicted octanol–water partition coefficient (Wildman–Crippen LogP) is -0.277. The molecule has 5 N–H and O–H groups in total. The Balaban J connectivity index is 0.000000141. The van der Waals surface area contributed by atoms with Crippen molar-refractivity contribution in [3.05, 3.63) is 0 Å². The van der Waals surface area contributed by atoms with Crippen molar-refractivity contribution >= 4 is 0 Å². The minimum absolute atomic E-state index is 0. The maximum absolute atomic E-state index is 9.27. The van der Waals surface area contributed by atoms with Crippen LogP contribution in [0.2, 0.25) is 0 Å². The zero-order valence-corrected chi connectivity index (χ0v) is 34.4. The van der Waals surface area contributed by atoms with Gasteiger partial charge in [0.25, 0.3) is 0 Å².